The number of rotatable bonds is 6. The van der Waals surface area contributed by atoms with Crippen molar-refractivity contribution in [2.24, 2.45) is 11.8 Å². The minimum absolute atomic E-state index is 0.116. The SMILES string of the molecule is CCCc1cc(Cl)ccc1C1COc2ccc3cc2N(C1)CC1CCC1[C@@](C)(OCC)/C=C/CCC(CC)S(=O)NC3=O. The molecule has 1 N–H and O–H groups in total. The Balaban J connectivity index is 1.55. The molecule has 6 atom stereocenters. The van der Waals surface area contributed by atoms with Gasteiger partial charge in [-0.25, -0.2) is 4.21 Å². The average molecular weight is 627 g/mol. The van der Waals surface area contributed by atoms with E-state index in [4.69, 9.17) is 21.1 Å². The van der Waals surface area contributed by atoms with E-state index in [1.165, 1.54) is 11.1 Å². The topological polar surface area (TPSA) is 67.9 Å². The summed E-state index contributed by atoms with van der Waals surface area (Å²) in [6.07, 6.45) is 11.0. The number of hydrogen-bond acceptors (Lipinski definition) is 5. The first-order valence-electron chi connectivity index (χ1n) is 16.1. The van der Waals surface area contributed by atoms with Crippen LogP contribution in [0.2, 0.25) is 5.02 Å². The van der Waals surface area contributed by atoms with E-state index in [-0.39, 0.29) is 22.7 Å². The largest absolute Gasteiger partial charge is 0.491 e. The van der Waals surface area contributed by atoms with E-state index in [2.05, 4.69) is 54.7 Å². The highest BCUT2D eigenvalue weighted by atomic mass is 35.5. The van der Waals surface area contributed by atoms with Crippen LogP contribution in [0, 0.1) is 11.8 Å². The maximum atomic E-state index is 13.4. The molecule has 1 saturated carbocycles. The van der Waals surface area contributed by atoms with Crippen molar-refractivity contribution in [3.63, 3.8) is 0 Å². The van der Waals surface area contributed by atoms with Crippen LogP contribution in [0.25, 0.3) is 0 Å². The summed E-state index contributed by atoms with van der Waals surface area (Å²) >= 11 is 6.43. The second-order valence-corrected chi connectivity index (χ2v) is 14.4. The maximum Gasteiger partial charge on any atom is 0.263 e. The highest BCUT2D eigenvalue weighted by molar-refractivity contribution is 7.84. The van der Waals surface area contributed by atoms with Crippen molar-refractivity contribution in [3.8, 4) is 5.75 Å². The maximum absolute atomic E-state index is 13.4. The van der Waals surface area contributed by atoms with Gasteiger partial charge in [-0.05, 0) is 106 Å². The Morgan fingerprint density at radius 3 is 2.67 bits per heavy atom. The number of carbonyl (C=O) groups is 1. The van der Waals surface area contributed by atoms with Crippen molar-refractivity contribution in [1.82, 2.24) is 4.72 Å². The minimum Gasteiger partial charge on any atom is -0.491 e. The fraction of sp³-hybridized carbons (Fsp3) is 0.571. The highest BCUT2D eigenvalue weighted by Gasteiger charge is 2.45. The van der Waals surface area contributed by atoms with Gasteiger partial charge in [-0.3, -0.25) is 9.52 Å². The van der Waals surface area contributed by atoms with Gasteiger partial charge in [0.25, 0.3) is 5.91 Å². The van der Waals surface area contributed by atoms with Crippen LogP contribution in [0.15, 0.2) is 48.6 Å². The van der Waals surface area contributed by atoms with Crippen LogP contribution in [0.3, 0.4) is 0 Å². The standard InChI is InChI=1S/C35H47ClN2O4S/c1-5-10-24-19-28(36)14-15-30(24)27-22-38-21-26-12-16-31(26)35(4,42-7-3)18-9-8-11-29(6-2)43(40)37-34(39)25-13-17-33(41-23-27)32(38)20-25/h9,13-15,17-20,26-27,29,31H,5-8,10-12,16,21-23H2,1-4H3,(H,37,39)/b18-9+/t26?,27?,29?,31?,35-,43?/m0/s1. The molecule has 2 heterocycles. The number of allylic oxidation sites excluding steroid dienone is 1. The third-order valence-electron chi connectivity index (χ3n) is 9.63. The van der Waals surface area contributed by atoms with Gasteiger partial charge < -0.3 is 14.4 Å². The summed E-state index contributed by atoms with van der Waals surface area (Å²) in [7, 11) is -1.48. The molecule has 6 nitrogen and oxygen atoms in total. The van der Waals surface area contributed by atoms with E-state index >= 15 is 0 Å². The van der Waals surface area contributed by atoms with E-state index in [0.29, 0.717) is 30.6 Å². The normalized spacial score (nSPS) is 30.3. The number of nitrogens with one attached hydrogen (secondary N) is 1. The Morgan fingerprint density at radius 1 is 1.12 bits per heavy atom. The summed E-state index contributed by atoms with van der Waals surface area (Å²) in [6.45, 7) is 11.3. The Kier molecular flexibility index (Phi) is 10.6. The van der Waals surface area contributed by atoms with Gasteiger partial charge >= 0.3 is 0 Å². The van der Waals surface area contributed by atoms with Crippen molar-refractivity contribution in [1.29, 1.82) is 0 Å². The van der Waals surface area contributed by atoms with Gasteiger partial charge in [0, 0.05) is 36.2 Å². The number of ether oxygens (including phenoxy) is 2. The smallest absolute Gasteiger partial charge is 0.263 e. The third-order valence-corrected chi connectivity index (χ3v) is 11.4. The predicted octanol–water partition coefficient (Wildman–Crippen LogP) is 7.62. The number of hydrogen-bond donors (Lipinski definition) is 1. The Labute approximate surface area is 265 Å². The zero-order chi connectivity index (χ0) is 30.6. The molecule has 2 bridgehead atoms. The van der Waals surface area contributed by atoms with Crippen LogP contribution in [0.4, 0.5) is 5.69 Å². The Hall–Kier alpha value is -2.35. The van der Waals surface area contributed by atoms with Crippen LogP contribution < -0.4 is 14.4 Å². The average Bonchev–Trinajstić information content (AvgIpc) is 3.14. The molecular formula is C35H47ClN2O4S. The molecule has 0 saturated heterocycles. The zero-order valence-corrected chi connectivity index (χ0v) is 27.6. The molecule has 1 aliphatic carbocycles. The van der Waals surface area contributed by atoms with Crippen LogP contribution >= 0.6 is 11.6 Å². The molecule has 1 fully saturated rings. The van der Waals surface area contributed by atoms with Crippen molar-refractivity contribution in [2.45, 2.75) is 89.4 Å². The van der Waals surface area contributed by atoms with E-state index in [1.807, 2.05) is 25.1 Å². The van der Waals surface area contributed by atoms with Crippen molar-refractivity contribution >= 4 is 34.2 Å². The number of amides is 1. The summed E-state index contributed by atoms with van der Waals surface area (Å²) < 4.78 is 29.0. The van der Waals surface area contributed by atoms with Crippen molar-refractivity contribution in [3.05, 3.63) is 70.3 Å². The molecule has 2 aliphatic heterocycles. The van der Waals surface area contributed by atoms with E-state index < -0.39 is 11.0 Å². The molecule has 0 spiro atoms. The summed E-state index contributed by atoms with van der Waals surface area (Å²) in [5.74, 6) is 1.44. The number of aryl methyl sites for hydroxylation is 1. The molecule has 2 aromatic carbocycles. The monoisotopic (exact) mass is 626 g/mol. The van der Waals surface area contributed by atoms with Gasteiger partial charge in [0.1, 0.15) is 16.7 Å². The molecule has 8 heteroatoms. The lowest BCUT2D eigenvalue weighted by Crippen LogP contribution is -2.50. The van der Waals surface area contributed by atoms with E-state index in [1.54, 1.807) is 6.07 Å². The molecule has 0 aromatic heterocycles. The van der Waals surface area contributed by atoms with E-state index in [9.17, 15) is 9.00 Å². The third kappa shape index (κ3) is 7.15. The molecule has 1 amide bonds. The second kappa shape index (κ2) is 14.2. The van der Waals surface area contributed by atoms with Crippen LogP contribution in [0.5, 0.6) is 5.75 Å². The summed E-state index contributed by atoms with van der Waals surface area (Å²) in [5.41, 5.74) is 3.61. The fourth-order valence-electron chi connectivity index (χ4n) is 7.17. The van der Waals surface area contributed by atoms with Gasteiger partial charge in [0.05, 0.1) is 23.1 Å². The lowest BCUT2D eigenvalue weighted by Gasteiger charge is -2.49. The number of nitrogens with zero attached hydrogens (tertiary/aromatic N) is 1. The first-order valence-corrected chi connectivity index (χ1v) is 17.7. The van der Waals surface area contributed by atoms with E-state index in [0.717, 1.165) is 74.5 Å². The molecule has 5 rings (SSSR count). The van der Waals surface area contributed by atoms with Crippen molar-refractivity contribution < 1.29 is 18.5 Å². The van der Waals surface area contributed by atoms with Gasteiger partial charge in [-0.15, -0.1) is 0 Å². The molecule has 3 aliphatic rings. The van der Waals surface area contributed by atoms with Gasteiger partial charge in [0.15, 0.2) is 0 Å². The Bertz CT molecular complexity index is 1350. The second-order valence-electron chi connectivity index (χ2n) is 12.5. The molecule has 234 valence electrons. The number of halogens is 1. The van der Waals surface area contributed by atoms with Crippen LogP contribution in [-0.2, 0) is 22.1 Å². The van der Waals surface area contributed by atoms with Gasteiger partial charge in [0.2, 0.25) is 0 Å². The molecule has 5 unspecified atom stereocenters. The number of carbonyl (C=O) groups excluding carboxylic acids is 1. The zero-order valence-electron chi connectivity index (χ0n) is 26.1. The van der Waals surface area contributed by atoms with Gasteiger partial charge in [-0.1, -0.05) is 50.1 Å². The summed E-state index contributed by atoms with van der Waals surface area (Å²) in [4.78, 5) is 15.8. The summed E-state index contributed by atoms with van der Waals surface area (Å²) in [5, 5.41) is 0.642. The Morgan fingerprint density at radius 2 is 1.95 bits per heavy atom. The van der Waals surface area contributed by atoms with Crippen LogP contribution in [-0.4, -0.2) is 47.3 Å². The van der Waals surface area contributed by atoms with Crippen molar-refractivity contribution in [2.75, 3.05) is 31.2 Å². The quantitative estimate of drug-likeness (QED) is 0.334. The first-order chi connectivity index (χ1) is 20.8. The van der Waals surface area contributed by atoms with Crippen LogP contribution in [0.1, 0.15) is 93.6 Å². The number of benzene rings is 2. The van der Waals surface area contributed by atoms with Gasteiger partial charge in [-0.2, -0.15) is 0 Å². The summed E-state index contributed by atoms with van der Waals surface area (Å²) in [6, 6.07) is 11.9. The minimum atomic E-state index is -1.48. The molecular weight excluding hydrogens is 580 g/mol. The molecule has 43 heavy (non-hydrogen) atoms. The lowest BCUT2D eigenvalue weighted by molar-refractivity contribution is -0.0817. The molecule has 0 radical (unpaired) electrons. The lowest BCUT2D eigenvalue weighted by atomic mass is 9.64. The fourth-order valence-corrected chi connectivity index (χ4v) is 8.48. The molecule has 2 aromatic rings. The predicted molar refractivity (Wildman–Crippen MR) is 177 cm³/mol. The number of anilines is 1. The first kappa shape index (κ1) is 32.1. The highest BCUT2D eigenvalue weighted by Crippen LogP contribution is 2.47. The number of fused-ring (bicyclic) bond motifs is 2.